The van der Waals surface area contributed by atoms with Gasteiger partial charge in [-0.2, -0.15) is 0 Å². The molecule has 0 spiro atoms. The number of halogens is 2. The molecule has 0 radical (unpaired) electrons. The van der Waals surface area contributed by atoms with E-state index in [1.165, 1.54) is 42.5 Å². The summed E-state index contributed by atoms with van der Waals surface area (Å²) in [4.78, 5) is 17.4. The molecule has 7 nitrogen and oxygen atoms in total. The second kappa shape index (κ2) is 12.0. The van der Waals surface area contributed by atoms with E-state index in [4.69, 9.17) is 27.9 Å². The molecule has 0 saturated carbocycles. The van der Waals surface area contributed by atoms with E-state index in [1.54, 1.807) is 35.6 Å². The first-order chi connectivity index (χ1) is 17.7. The summed E-state index contributed by atoms with van der Waals surface area (Å²) in [5.41, 5.74) is 1.12. The zero-order valence-corrected chi connectivity index (χ0v) is 22.8. The Balaban J connectivity index is 1.45. The summed E-state index contributed by atoms with van der Waals surface area (Å²) in [6.07, 6.45) is 1.42. The molecule has 2 N–H and O–H groups in total. The first-order valence-electron chi connectivity index (χ1n) is 11.3. The molecule has 3 aromatic carbocycles. The van der Waals surface area contributed by atoms with Crippen molar-refractivity contribution in [2.45, 2.75) is 24.7 Å². The van der Waals surface area contributed by atoms with Gasteiger partial charge in [-0.1, -0.05) is 42.3 Å². The van der Waals surface area contributed by atoms with Crippen LogP contribution < -0.4 is 14.8 Å². The van der Waals surface area contributed by atoms with Gasteiger partial charge in [0, 0.05) is 23.4 Å². The molecule has 4 rings (SSSR count). The number of aromatic nitrogens is 1. The van der Waals surface area contributed by atoms with Gasteiger partial charge in [0.25, 0.3) is 15.9 Å². The fraction of sp³-hybridized carbons (Fsp3) is 0.154. The molecular weight excluding hydrogens is 553 g/mol. The summed E-state index contributed by atoms with van der Waals surface area (Å²) in [5.74, 6) is 0.426. The highest BCUT2D eigenvalue weighted by Gasteiger charge is 2.20. The van der Waals surface area contributed by atoms with Crippen molar-refractivity contribution in [2.24, 2.45) is 0 Å². The van der Waals surface area contributed by atoms with Crippen LogP contribution in [-0.4, -0.2) is 25.9 Å². The molecule has 192 valence electrons. The molecule has 11 heteroatoms. The van der Waals surface area contributed by atoms with Crippen LogP contribution in [-0.2, 0) is 22.9 Å². The monoisotopic (exact) mass is 575 g/mol. The van der Waals surface area contributed by atoms with Gasteiger partial charge in [-0.15, -0.1) is 11.3 Å². The van der Waals surface area contributed by atoms with E-state index in [-0.39, 0.29) is 16.1 Å². The lowest BCUT2D eigenvalue weighted by Gasteiger charge is -2.14. The zero-order chi connectivity index (χ0) is 26.4. The van der Waals surface area contributed by atoms with E-state index < -0.39 is 15.9 Å². The molecule has 0 atom stereocenters. The molecule has 1 amide bonds. The van der Waals surface area contributed by atoms with Crippen LogP contribution in [0.15, 0.2) is 77.0 Å². The second-order valence-electron chi connectivity index (χ2n) is 7.89. The standard InChI is InChI=1S/C26H23Cl2N3O4S2/c1-2-25-30-18(16-36-25)13-14-29-26(32)21-15-17(27)7-12-23(21)31-37(33,34)20-10-8-19(9-11-20)35-24-6-4-3-5-22(24)28/h3-12,15-16,31H,2,13-14H2,1H3,(H,29,32). The minimum absolute atomic E-state index is 0.00410. The third-order valence-corrected chi connectivity index (χ3v) is 8.21. The molecule has 0 bridgehead atoms. The van der Waals surface area contributed by atoms with Gasteiger partial charge in [0.15, 0.2) is 0 Å². The largest absolute Gasteiger partial charge is 0.456 e. The quantitative estimate of drug-likeness (QED) is 0.222. The van der Waals surface area contributed by atoms with Gasteiger partial charge in [-0.3, -0.25) is 9.52 Å². The predicted octanol–water partition coefficient (Wildman–Crippen LogP) is 6.58. The Kier molecular flexibility index (Phi) is 8.71. The second-order valence-corrected chi connectivity index (χ2v) is 11.4. The summed E-state index contributed by atoms with van der Waals surface area (Å²) in [6, 6.07) is 17.2. The number of aryl methyl sites for hydroxylation is 1. The summed E-state index contributed by atoms with van der Waals surface area (Å²) in [7, 11) is -4.01. The maximum atomic E-state index is 13.1. The number of benzene rings is 3. The normalized spacial score (nSPS) is 11.2. The minimum Gasteiger partial charge on any atom is -0.456 e. The van der Waals surface area contributed by atoms with Gasteiger partial charge in [-0.05, 0) is 61.0 Å². The third kappa shape index (κ3) is 7.01. The van der Waals surface area contributed by atoms with Crippen LogP contribution in [0.2, 0.25) is 10.0 Å². The van der Waals surface area contributed by atoms with Crippen molar-refractivity contribution >= 4 is 56.2 Å². The van der Waals surface area contributed by atoms with E-state index in [9.17, 15) is 13.2 Å². The lowest BCUT2D eigenvalue weighted by Crippen LogP contribution is -2.27. The fourth-order valence-electron chi connectivity index (χ4n) is 3.36. The highest BCUT2D eigenvalue weighted by atomic mass is 35.5. The Labute approximate surface area is 229 Å². The van der Waals surface area contributed by atoms with Crippen LogP contribution in [0.25, 0.3) is 0 Å². The summed E-state index contributed by atoms with van der Waals surface area (Å²) < 4.78 is 34.3. The van der Waals surface area contributed by atoms with Crippen molar-refractivity contribution in [3.63, 3.8) is 0 Å². The van der Waals surface area contributed by atoms with Crippen LogP contribution in [0.1, 0.15) is 28.0 Å². The van der Waals surface area contributed by atoms with E-state index in [0.29, 0.717) is 34.5 Å². The van der Waals surface area contributed by atoms with Gasteiger partial charge < -0.3 is 10.1 Å². The molecule has 1 aromatic heterocycles. The van der Waals surface area contributed by atoms with Crippen LogP contribution in [0, 0.1) is 0 Å². The molecule has 0 aliphatic rings. The summed E-state index contributed by atoms with van der Waals surface area (Å²) in [5, 5.41) is 6.56. The van der Waals surface area contributed by atoms with Crippen molar-refractivity contribution in [3.05, 3.63) is 98.4 Å². The van der Waals surface area contributed by atoms with E-state index in [1.807, 2.05) is 12.3 Å². The number of amides is 1. The average molecular weight is 577 g/mol. The fourth-order valence-corrected chi connectivity index (χ4v) is 5.57. The smallest absolute Gasteiger partial charge is 0.261 e. The Morgan fingerprint density at radius 3 is 2.51 bits per heavy atom. The summed E-state index contributed by atoms with van der Waals surface area (Å²) in [6.45, 7) is 2.38. The first kappa shape index (κ1) is 26.9. The SMILES string of the molecule is CCc1nc(CCNC(=O)c2cc(Cl)ccc2NS(=O)(=O)c2ccc(Oc3ccccc3Cl)cc2)cs1. The molecule has 0 unspecified atom stereocenters. The highest BCUT2D eigenvalue weighted by Crippen LogP contribution is 2.30. The van der Waals surface area contributed by atoms with Crippen LogP contribution in [0.5, 0.6) is 11.5 Å². The van der Waals surface area contributed by atoms with E-state index in [0.717, 1.165) is 17.1 Å². The van der Waals surface area contributed by atoms with Crippen LogP contribution >= 0.6 is 34.5 Å². The maximum Gasteiger partial charge on any atom is 0.261 e. The number of hydrogen-bond donors (Lipinski definition) is 2. The minimum atomic E-state index is -4.01. The molecule has 0 aliphatic carbocycles. The van der Waals surface area contributed by atoms with Gasteiger partial charge in [0.05, 0.1) is 31.9 Å². The number of anilines is 1. The van der Waals surface area contributed by atoms with Crippen molar-refractivity contribution in [3.8, 4) is 11.5 Å². The van der Waals surface area contributed by atoms with Crippen LogP contribution in [0.4, 0.5) is 5.69 Å². The van der Waals surface area contributed by atoms with Crippen molar-refractivity contribution < 1.29 is 17.9 Å². The Bertz CT molecular complexity index is 1510. The molecule has 0 saturated heterocycles. The predicted molar refractivity (Wildman–Crippen MR) is 148 cm³/mol. The lowest BCUT2D eigenvalue weighted by molar-refractivity contribution is 0.0955. The number of carbonyl (C=O) groups is 1. The van der Waals surface area contributed by atoms with Gasteiger partial charge in [0.1, 0.15) is 11.5 Å². The number of para-hydroxylation sites is 1. The number of nitrogens with zero attached hydrogens (tertiary/aromatic N) is 1. The molecule has 37 heavy (non-hydrogen) atoms. The number of hydrogen-bond acceptors (Lipinski definition) is 6. The first-order valence-corrected chi connectivity index (χ1v) is 14.4. The average Bonchev–Trinajstić information content (AvgIpc) is 3.35. The van der Waals surface area contributed by atoms with Gasteiger partial charge in [-0.25, -0.2) is 13.4 Å². The molecule has 0 aliphatic heterocycles. The third-order valence-electron chi connectivity index (χ3n) is 5.24. The topological polar surface area (TPSA) is 97.4 Å². The Morgan fingerprint density at radius 1 is 1.05 bits per heavy atom. The molecule has 0 fully saturated rings. The number of rotatable bonds is 10. The highest BCUT2D eigenvalue weighted by molar-refractivity contribution is 7.92. The van der Waals surface area contributed by atoms with E-state index >= 15 is 0 Å². The number of ether oxygens (including phenoxy) is 1. The number of sulfonamides is 1. The molecular formula is C26H23Cl2N3O4S2. The molecule has 1 heterocycles. The van der Waals surface area contributed by atoms with E-state index in [2.05, 4.69) is 15.0 Å². The van der Waals surface area contributed by atoms with Crippen LogP contribution in [0.3, 0.4) is 0 Å². The number of thiazole rings is 1. The maximum absolute atomic E-state index is 13.1. The zero-order valence-electron chi connectivity index (χ0n) is 19.7. The molecule has 4 aromatic rings. The Hall–Kier alpha value is -3.11. The lowest BCUT2D eigenvalue weighted by atomic mass is 10.1. The van der Waals surface area contributed by atoms with Crippen molar-refractivity contribution in [1.82, 2.24) is 10.3 Å². The summed E-state index contributed by atoms with van der Waals surface area (Å²) >= 11 is 13.8. The van der Waals surface area contributed by atoms with Crippen molar-refractivity contribution in [2.75, 3.05) is 11.3 Å². The number of carbonyl (C=O) groups excluding carboxylic acids is 1. The number of nitrogens with one attached hydrogen (secondary N) is 2. The van der Waals surface area contributed by atoms with Gasteiger partial charge in [0.2, 0.25) is 0 Å². The van der Waals surface area contributed by atoms with Gasteiger partial charge >= 0.3 is 0 Å². The van der Waals surface area contributed by atoms with Crippen molar-refractivity contribution in [1.29, 1.82) is 0 Å². The Morgan fingerprint density at radius 2 is 1.81 bits per heavy atom.